The van der Waals surface area contributed by atoms with Gasteiger partial charge in [0.2, 0.25) is 5.91 Å². The van der Waals surface area contributed by atoms with E-state index in [9.17, 15) is 4.79 Å². The molecule has 0 aliphatic carbocycles. The van der Waals surface area contributed by atoms with Crippen molar-refractivity contribution in [1.82, 2.24) is 0 Å². The second kappa shape index (κ2) is 5.16. The van der Waals surface area contributed by atoms with Crippen molar-refractivity contribution in [3.8, 4) is 0 Å². The monoisotopic (exact) mass is 191 g/mol. The second-order valence-electron chi connectivity index (χ2n) is 2.10. The fourth-order valence-corrected chi connectivity index (χ4v) is 1.41. The summed E-state index contributed by atoms with van der Waals surface area (Å²) in [6.45, 7) is 0. The molecule has 0 saturated heterocycles. The summed E-state index contributed by atoms with van der Waals surface area (Å²) in [6, 6.07) is 2.01. The number of aryl methyl sites for hydroxylation is 1. The van der Waals surface area contributed by atoms with E-state index in [4.69, 9.17) is 5.73 Å². The first-order chi connectivity index (χ1) is 4.79. The summed E-state index contributed by atoms with van der Waals surface area (Å²) < 4.78 is 0. The highest BCUT2D eigenvalue weighted by Gasteiger charge is 1.95. The minimum absolute atomic E-state index is 0. The standard InChI is InChI=1S/C7H9NOS.ClH/c8-7(9)2-1-6-3-4-10-5-6;/h3-5H,1-2H2,(H2,8,9);1H. The van der Waals surface area contributed by atoms with E-state index in [2.05, 4.69) is 0 Å². The molecule has 62 valence electrons. The van der Waals surface area contributed by atoms with Gasteiger partial charge in [0.05, 0.1) is 0 Å². The third-order valence-corrected chi connectivity index (χ3v) is 1.97. The highest BCUT2D eigenvalue weighted by Crippen LogP contribution is 2.07. The second-order valence-corrected chi connectivity index (χ2v) is 2.88. The van der Waals surface area contributed by atoms with Crippen LogP contribution >= 0.6 is 23.7 Å². The van der Waals surface area contributed by atoms with Gasteiger partial charge in [0, 0.05) is 6.42 Å². The normalized spacial score (nSPS) is 8.73. The van der Waals surface area contributed by atoms with E-state index < -0.39 is 0 Å². The van der Waals surface area contributed by atoms with Crippen molar-refractivity contribution >= 4 is 29.7 Å². The van der Waals surface area contributed by atoms with E-state index in [-0.39, 0.29) is 18.3 Å². The van der Waals surface area contributed by atoms with Crippen molar-refractivity contribution in [3.05, 3.63) is 22.4 Å². The number of halogens is 1. The highest BCUT2D eigenvalue weighted by atomic mass is 35.5. The predicted octanol–water partition coefficient (Wildman–Crippen LogP) is 1.59. The van der Waals surface area contributed by atoms with Gasteiger partial charge in [-0.15, -0.1) is 12.4 Å². The molecule has 4 heteroatoms. The molecule has 2 nitrogen and oxygen atoms in total. The Labute approximate surface area is 75.8 Å². The van der Waals surface area contributed by atoms with Gasteiger partial charge in [-0.2, -0.15) is 11.3 Å². The number of rotatable bonds is 3. The molecule has 0 aliphatic heterocycles. The molecule has 0 spiro atoms. The third kappa shape index (κ3) is 4.01. The number of hydrogen-bond acceptors (Lipinski definition) is 2. The predicted molar refractivity (Wildman–Crippen MR) is 49.1 cm³/mol. The molecule has 0 aromatic carbocycles. The zero-order valence-electron chi connectivity index (χ0n) is 5.95. The Kier molecular flexibility index (Phi) is 4.90. The lowest BCUT2D eigenvalue weighted by molar-refractivity contribution is -0.117. The lowest BCUT2D eigenvalue weighted by Crippen LogP contribution is -2.10. The molecule has 0 radical (unpaired) electrons. The lowest BCUT2D eigenvalue weighted by Gasteiger charge is -1.90. The van der Waals surface area contributed by atoms with E-state index >= 15 is 0 Å². The molecule has 0 aliphatic rings. The molecule has 0 bridgehead atoms. The zero-order valence-corrected chi connectivity index (χ0v) is 7.58. The summed E-state index contributed by atoms with van der Waals surface area (Å²) >= 11 is 1.64. The molecule has 1 heterocycles. The quantitative estimate of drug-likeness (QED) is 0.775. The Hall–Kier alpha value is -0.540. The molecule has 2 N–H and O–H groups in total. The van der Waals surface area contributed by atoms with Crippen molar-refractivity contribution in [2.24, 2.45) is 5.73 Å². The molecule has 1 rings (SSSR count). The van der Waals surface area contributed by atoms with Crippen molar-refractivity contribution in [3.63, 3.8) is 0 Å². The van der Waals surface area contributed by atoms with Crippen molar-refractivity contribution in [2.75, 3.05) is 0 Å². The number of hydrogen-bond donors (Lipinski definition) is 1. The summed E-state index contributed by atoms with van der Waals surface area (Å²) in [6.07, 6.45) is 1.23. The van der Waals surface area contributed by atoms with Crippen LogP contribution in [-0.2, 0) is 11.2 Å². The Morgan fingerprint density at radius 3 is 2.82 bits per heavy atom. The molecular formula is C7H10ClNOS. The third-order valence-electron chi connectivity index (χ3n) is 1.24. The zero-order chi connectivity index (χ0) is 7.40. The molecule has 0 saturated carbocycles. The number of primary amides is 1. The van der Waals surface area contributed by atoms with Gasteiger partial charge < -0.3 is 5.73 Å². The minimum Gasteiger partial charge on any atom is -0.370 e. The fourth-order valence-electron chi connectivity index (χ4n) is 0.702. The summed E-state index contributed by atoms with van der Waals surface area (Å²) in [5.74, 6) is -0.230. The fraction of sp³-hybridized carbons (Fsp3) is 0.286. The number of thiophene rings is 1. The lowest BCUT2D eigenvalue weighted by atomic mass is 10.2. The van der Waals surface area contributed by atoms with Crippen molar-refractivity contribution in [2.45, 2.75) is 12.8 Å². The number of amides is 1. The van der Waals surface area contributed by atoms with Crippen LogP contribution in [0.5, 0.6) is 0 Å². The van der Waals surface area contributed by atoms with Crippen LogP contribution < -0.4 is 5.73 Å². The van der Waals surface area contributed by atoms with E-state index in [1.165, 1.54) is 5.56 Å². The maximum Gasteiger partial charge on any atom is 0.217 e. The summed E-state index contributed by atoms with van der Waals surface area (Å²) in [5.41, 5.74) is 6.17. The number of carbonyl (C=O) groups excluding carboxylic acids is 1. The van der Waals surface area contributed by atoms with E-state index in [1.807, 2.05) is 16.8 Å². The summed E-state index contributed by atoms with van der Waals surface area (Å²) in [5, 5.41) is 4.03. The van der Waals surface area contributed by atoms with Gasteiger partial charge in [-0.1, -0.05) is 0 Å². The molecule has 11 heavy (non-hydrogen) atoms. The van der Waals surface area contributed by atoms with Gasteiger partial charge in [-0.3, -0.25) is 4.79 Å². The van der Waals surface area contributed by atoms with Gasteiger partial charge in [-0.05, 0) is 28.8 Å². The topological polar surface area (TPSA) is 43.1 Å². The number of nitrogens with two attached hydrogens (primary N) is 1. The Morgan fingerprint density at radius 1 is 1.64 bits per heavy atom. The van der Waals surface area contributed by atoms with Crippen molar-refractivity contribution in [1.29, 1.82) is 0 Å². The van der Waals surface area contributed by atoms with E-state index in [0.717, 1.165) is 6.42 Å². The Balaban J connectivity index is 0.000001000. The van der Waals surface area contributed by atoms with Crippen LogP contribution in [0.4, 0.5) is 0 Å². The average molecular weight is 192 g/mol. The summed E-state index contributed by atoms with van der Waals surface area (Å²) in [4.78, 5) is 10.3. The maximum atomic E-state index is 10.3. The molecule has 0 fully saturated rings. The molecule has 1 amide bonds. The molecule has 1 aromatic rings. The maximum absolute atomic E-state index is 10.3. The van der Waals surface area contributed by atoms with Gasteiger partial charge in [0.25, 0.3) is 0 Å². The summed E-state index contributed by atoms with van der Waals surface area (Å²) in [7, 11) is 0. The van der Waals surface area contributed by atoms with Gasteiger partial charge in [0.15, 0.2) is 0 Å². The van der Waals surface area contributed by atoms with Gasteiger partial charge in [-0.25, -0.2) is 0 Å². The van der Waals surface area contributed by atoms with Crippen LogP contribution in [0.2, 0.25) is 0 Å². The van der Waals surface area contributed by atoms with Gasteiger partial charge in [0.1, 0.15) is 0 Å². The molecular weight excluding hydrogens is 182 g/mol. The first-order valence-corrected chi connectivity index (χ1v) is 4.02. The van der Waals surface area contributed by atoms with Gasteiger partial charge >= 0.3 is 0 Å². The van der Waals surface area contributed by atoms with Crippen LogP contribution in [0, 0.1) is 0 Å². The van der Waals surface area contributed by atoms with E-state index in [1.54, 1.807) is 11.3 Å². The first kappa shape index (κ1) is 10.5. The van der Waals surface area contributed by atoms with Crippen molar-refractivity contribution < 1.29 is 4.79 Å². The van der Waals surface area contributed by atoms with Crippen LogP contribution in [0.3, 0.4) is 0 Å². The molecule has 0 unspecified atom stereocenters. The average Bonchev–Trinajstić information content (AvgIpc) is 2.34. The molecule has 0 atom stereocenters. The first-order valence-electron chi connectivity index (χ1n) is 3.08. The van der Waals surface area contributed by atoms with Crippen LogP contribution in [0.1, 0.15) is 12.0 Å². The smallest absolute Gasteiger partial charge is 0.217 e. The van der Waals surface area contributed by atoms with Crippen LogP contribution in [-0.4, -0.2) is 5.91 Å². The highest BCUT2D eigenvalue weighted by molar-refractivity contribution is 7.07. The van der Waals surface area contributed by atoms with Crippen LogP contribution in [0.25, 0.3) is 0 Å². The molecule has 1 aromatic heterocycles. The SMILES string of the molecule is Cl.NC(=O)CCc1ccsc1. The van der Waals surface area contributed by atoms with Crippen LogP contribution in [0.15, 0.2) is 16.8 Å². The largest absolute Gasteiger partial charge is 0.370 e. The van der Waals surface area contributed by atoms with E-state index in [0.29, 0.717) is 6.42 Å². The Morgan fingerprint density at radius 2 is 2.36 bits per heavy atom. The Bertz CT molecular complexity index is 210. The minimum atomic E-state index is -0.230. The number of carbonyl (C=O) groups is 1.